The largest absolute Gasteiger partial charge is 0.383 e. The number of methoxy groups -OCH3 is 1. The van der Waals surface area contributed by atoms with Crippen molar-refractivity contribution in [3.63, 3.8) is 0 Å². The number of carbonyl (C=O) groups excluding carboxylic acids is 2. The van der Waals surface area contributed by atoms with Gasteiger partial charge in [-0.3, -0.25) is 14.5 Å². The monoisotopic (exact) mass is 411 g/mol. The number of thioether (sulfide) groups is 1. The molecule has 7 heteroatoms. The summed E-state index contributed by atoms with van der Waals surface area (Å²) in [6.07, 6.45) is 0.0914. The third-order valence-corrected chi connectivity index (χ3v) is 5.84. The lowest BCUT2D eigenvalue weighted by atomic mass is 10.2. The fourth-order valence-corrected chi connectivity index (χ4v) is 4.16. The third-order valence-electron chi connectivity index (χ3n) is 4.66. The van der Waals surface area contributed by atoms with E-state index in [0.717, 1.165) is 22.5 Å². The molecule has 3 rings (SSSR count). The Labute approximate surface area is 175 Å². The normalized spacial score (nSPS) is 17.8. The predicted molar refractivity (Wildman–Crippen MR) is 118 cm³/mol. The number of amidine groups is 1. The number of hydrogen-bond acceptors (Lipinski definition) is 5. The number of amides is 2. The van der Waals surface area contributed by atoms with Gasteiger partial charge in [0.05, 0.1) is 18.8 Å². The van der Waals surface area contributed by atoms with E-state index in [2.05, 4.69) is 5.32 Å². The standard InChI is InChI=1S/C22H25N3O3S/c1-15-8-4-6-10-17(15)23-20(26)14-19-21(27)25(12-13-28-3)22(29-19)24-18-11-7-5-9-16(18)2/h4-11,19H,12-14H2,1-3H3,(H,23,26)/t19-/m0/s1. The van der Waals surface area contributed by atoms with Crippen molar-refractivity contribution < 1.29 is 14.3 Å². The van der Waals surface area contributed by atoms with Crippen LogP contribution < -0.4 is 5.32 Å². The van der Waals surface area contributed by atoms with Gasteiger partial charge in [-0.15, -0.1) is 0 Å². The Morgan fingerprint density at radius 1 is 1.14 bits per heavy atom. The summed E-state index contributed by atoms with van der Waals surface area (Å²) < 4.78 is 5.15. The van der Waals surface area contributed by atoms with Crippen LogP contribution in [0.4, 0.5) is 11.4 Å². The molecular weight excluding hydrogens is 386 g/mol. The number of anilines is 1. The van der Waals surface area contributed by atoms with Crippen molar-refractivity contribution >= 4 is 40.1 Å². The molecule has 0 spiro atoms. The number of aryl methyl sites for hydroxylation is 2. The minimum absolute atomic E-state index is 0.0914. The first-order valence-corrected chi connectivity index (χ1v) is 10.3. The summed E-state index contributed by atoms with van der Waals surface area (Å²) in [6, 6.07) is 15.3. The average molecular weight is 412 g/mol. The van der Waals surface area contributed by atoms with Crippen LogP contribution in [0.5, 0.6) is 0 Å². The van der Waals surface area contributed by atoms with E-state index < -0.39 is 5.25 Å². The maximum absolute atomic E-state index is 12.9. The molecule has 1 aliphatic heterocycles. The molecule has 2 amide bonds. The van der Waals surface area contributed by atoms with Gasteiger partial charge in [0.2, 0.25) is 11.8 Å². The topological polar surface area (TPSA) is 71.0 Å². The first-order chi connectivity index (χ1) is 14.0. The van der Waals surface area contributed by atoms with Gasteiger partial charge in [0.15, 0.2) is 5.17 Å². The van der Waals surface area contributed by atoms with Crippen LogP contribution in [0.2, 0.25) is 0 Å². The molecule has 0 aromatic heterocycles. The van der Waals surface area contributed by atoms with Crippen LogP contribution in [0.25, 0.3) is 0 Å². The second kappa shape index (κ2) is 9.71. The van der Waals surface area contributed by atoms with Crippen molar-refractivity contribution in [3.05, 3.63) is 59.7 Å². The number of nitrogens with zero attached hydrogens (tertiary/aromatic N) is 2. The summed E-state index contributed by atoms with van der Waals surface area (Å²) in [7, 11) is 1.60. The molecule has 1 saturated heterocycles. The third kappa shape index (κ3) is 5.25. The summed E-state index contributed by atoms with van der Waals surface area (Å²) >= 11 is 1.33. The van der Waals surface area contributed by atoms with Gasteiger partial charge in [-0.2, -0.15) is 0 Å². The number of aliphatic imine (C=N–C) groups is 1. The number of para-hydroxylation sites is 2. The zero-order chi connectivity index (χ0) is 20.8. The maximum atomic E-state index is 12.9. The summed E-state index contributed by atoms with van der Waals surface area (Å²) in [5.41, 5.74) is 3.59. The molecule has 0 bridgehead atoms. The molecule has 0 radical (unpaired) electrons. The zero-order valence-corrected chi connectivity index (χ0v) is 17.7. The Morgan fingerprint density at radius 2 is 1.83 bits per heavy atom. The van der Waals surface area contributed by atoms with Crippen molar-refractivity contribution in [2.45, 2.75) is 25.5 Å². The van der Waals surface area contributed by atoms with E-state index in [0.29, 0.717) is 18.3 Å². The van der Waals surface area contributed by atoms with Gasteiger partial charge in [-0.05, 0) is 37.1 Å². The maximum Gasteiger partial charge on any atom is 0.242 e. The van der Waals surface area contributed by atoms with Crippen LogP contribution in [0.15, 0.2) is 53.5 Å². The Balaban J connectivity index is 1.76. The van der Waals surface area contributed by atoms with E-state index in [4.69, 9.17) is 9.73 Å². The van der Waals surface area contributed by atoms with Crippen LogP contribution in [-0.2, 0) is 14.3 Å². The summed E-state index contributed by atoms with van der Waals surface area (Å²) in [5, 5.41) is 3.01. The second-order valence-electron chi connectivity index (χ2n) is 6.84. The lowest BCUT2D eigenvalue weighted by Gasteiger charge is -2.16. The fraction of sp³-hybridized carbons (Fsp3) is 0.318. The van der Waals surface area contributed by atoms with Gasteiger partial charge in [0, 0.05) is 19.2 Å². The van der Waals surface area contributed by atoms with Gasteiger partial charge in [0.1, 0.15) is 5.25 Å². The van der Waals surface area contributed by atoms with Gasteiger partial charge < -0.3 is 10.1 Å². The Morgan fingerprint density at radius 3 is 2.52 bits per heavy atom. The summed E-state index contributed by atoms with van der Waals surface area (Å²) in [6.45, 7) is 4.72. The minimum atomic E-state index is -0.501. The van der Waals surface area contributed by atoms with E-state index in [1.54, 1.807) is 12.0 Å². The van der Waals surface area contributed by atoms with Crippen molar-refractivity contribution in [2.75, 3.05) is 25.6 Å². The Kier molecular flexibility index (Phi) is 7.06. The van der Waals surface area contributed by atoms with Crippen LogP contribution in [0.1, 0.15) is 17.5 Å². The first-order valence-electron chi connectivity index (χ1n) is 9.46. The van der Waals surface area contributed by atoms with Crippen molar-refractivity contribution in [1.29, 1.82) is 0 Å². The number of hydrogen-bond donors (Lipinski definition) is 1. The molecule has 2 aromatic rings. The average Bonchev–Trinajstić information content (AvgIpc) is 2.98. The molecule has 1 aliphatic rings. The van der Waals surface area contributed by atoms with Crippen LogP contribution in [0.3, 0.4) is 0 Å². The lowest BCUT2D eigenvalue weighted by Crippen LogP contribution is -2.35. The molecule has 152 valence electrons. The van der Waals surface area contributed by atoms with Crippen LogP contribution in [0, 0.1) is 13.8 Å². The SMILES string of the molecule is COCCN1C(=O)[C@H](CC(=O)Nc2ccccc2C)SC1=Nc1ccccc1C. The number of benzene rings is 2. The van der Waals surface area contributed by atoms with Crippen molar-refractivity contribution in [2.24, 2.45) is 4.99 Å². The molecular formula is C22H25N3O3S. The van der Waals surface area contributed by atoms with Gasteiger partial charge >= 0.3 is 0 Å². The number of ether oxygens (including phenoxy) is 1. The van der Waals surface area contributed by atoms with E-state index in [-0.39, 0.29) is 18.2 Å². The Bertz CT molecular complexity index is 929. The second-order valence-corrected chi connectivity index (χ2v) is 8.01. The van der Waals surface area contributed by atoms with Crippen molar-refractivity contribution in [3.8, 4) is 0 Å². The highest BCUT2D eigenvalue weighted by atomic mass is 32.2. The van der Waals surface area contributed by atoms with E-state index in [1.807, 2.05) is 62.4 Å². The molecule has 0 unspecified atom stereocenters. The zero-order valence-electron chi connectivity index (χ0n) is 16.8. The molecule has 1 N–H and O–H groups in total. The quantitative estimate of drug-likeness (QED) is 0.750. The van der Waals surface area contributed by atoms with E-state index in [1.165, 1.54) is 11.8 Å². The summed E-state index contributed by atoms with van der Waals surface area (Å²) in [4.78, 5) is 31.8. The Hall–Kier alpha value is -2.64. The summed E-state index contributed by atoms with van der Waals surface area (Å²) in [5.74, 6) is -0.298. The molecule has 6 nitrogen and oxygen atoms in total. The van der Waals surface area contributed by atoms with E-state index >= 15 is 0 Å². The molecule has 2 aromatic carbocycles. The number of nitrogens with one attached hydrogen (secondary N) is 1. The van der Waals surface area contributed by atoms with E-state index in [9.17, 15) is 9.59 Å². The van der Waals surface area contributed by atoms with Crippen LogP contribution >= 0.6 is 11.8 Å². The molecule has 0 saturated carbocycles. The molecule has 1 atom stereocenters. The van der Waals surface area contributed by atoms with Gasteiger partial charge in [-0.1, -0.05) is 48.2 Å². The highest BCUT2D eigenvalue weighted by molar-refractivity contribution is 8.15. The molecule has 0 aliphatic carbocycles. The smallest absolute Gasteiger partial charge is 0.242 e. The number of carbonyl (C=O) groups is 2. The lowest BCUT2D eigenvalue weighted by molar-refractivity contribution is -0.128. The highest BCUT2D eigenvalue weighted by Crippen LogP contribution is 2.32. The molecule has 1 fully saturated rings. The highest BCUT2D eigenvalue weighted by Gasteiger charge is 2.39. The van der Waals surface area contributed by atoms with Crippen molar-refractivity contribution in [1.82, 2.24) is 4.90 Å². The number of rotatable bonds is 7. The van der Waals surface area contributed by atoms with Gasteiger partial charge in [0.25, 0.3) is 0 Å². The molecule has 1 heterocycles. The predicted octanol–water partition coefficient (Wildman–Crippen LogP) is 3.91. The fourth-order valence-electron chi connectivity index (χ4n) is 2.99. The van der Waals surface area contributed by atoms with Gasteiger partial charge in [-0.25, -0.2) is 4.99 Å². The van der Waals surface area contributed by atoms with Crippen LogP contribution in [-0.4, -0.2) is 47.4 Å². The minimum Gasteiger partial charge on any atom is -0.383 e. The first kappa shape index (κ1) is 21.1. The molecule has 29 heavy (non-hydrogen) atoms.